The lowest BCUT2D eigenvalue weighted by Crippen LogP contribution is -2.40. The first-order chi connectivity index (χ1) is 12.2. The number of unbranched alkanes of at least 4 members (excludes halogenated alkanes) is 14. The largest absolute Gasteiger partial charge is 0.395 e. The van der Waals surface area contributed by atoms with Crippen molar-refractivity contribution in [1.29, 1.82) is 0 Å². The fraction of sp³-hybridized carbons (Fsp3) is 0.952. The lowest BCUT2D eigenvalue weighted by Gasteiger charge is -2.16. The van der Waals surface area contributed by atoms with Gasteiger partial charge in [-0.1, -0.05) is 96.8 Å². The third-order valence-electron chi connectivity index (χ3n) is 4.76. The second-order valence-corrected chi connectivity index (χ2v) is 7.38. The fourth-order valence-corrected chi connectivity index (χ4v) is 3.13. The number of carbonyl (C=O) groups is 1. The van der Waals surface area contributed by atoms with E-state index >= 15 is 0 Å². The second kappa shape index (κ2) is 19.7. The Morgan fingerprint density at radius 2 is 1.16 bits per heavy atom. The molecule has 0 saturated carbocycles. The molecule has 0 unspecified atom stereocenters. The molecule has 4 heteroatoms. The number of hydrogen-bond acceptors (Lipinski definition) is 3. The first-order valence-corrected chi connectivity index (χ1v) is 10.8. The Morgan fingerprint density at radius 3 is 1.56 bits per heavy atom. The van der Waals surface area contributed by atoms with Crippen LogP contribution in [0.5, 0.6) is 0 Å². The maximum absolute atomic E-state index is 11.6. The van der Waals surface area contributed by atoms with Crippen LogP contribution in [0.15, 0.2) is 0 Å². The number of likely N-dealkylation sites (N-methyl/N-ethyl adjacent to an activating group) is 1. The average Bonchev–Trinajstić information content (AvgIpc) is 2.58. The number of rotatable bonds is 19. The van der Waals surface area contributed by atoms with E-state index in [1.807, 2.05) is 0 Å². The summed E-state index contributed by atoms with van der Waals surface area (Å²) in [6, 6.07) is 0. The Kier molecular flexibility index (Phi) is 19.2. The zero-order valence-electron chi connectivity index (χ0n) is 17.0. The van der Waals surface area contributed by atoms with Gasteiger partial charge in [-0.15, -0.1) is 0 Å². The molecule has 0 aromatic carbocycles. The summed E-state index contributed by atoms with van der Waals surface area (Å²) in [6.45, 7) is 2.82. The minimum Gasteiger partial charge on any atom is -0.395 e. The molecule has 0 bridgehead atoms. The van der Waals surface area contributed by atoms with Crippen molar-refractivity contribution in [2.24, 2.45) is 0 Å². The van der Waals surface area contributed by atoms with Crippen molar-refractivity contribution >= 4 is 5.91 Å². The van der Waals surface area contributed by atoms with E-state index in [4.69, 9.17) is 5.11 Å². The topological polar surface area (TPSA) is 52.6 Å². The van der Waals surface area contributed by atoms with Gasteiger partial charge in [-0.3, -0.25) is 10.2 Å². The quantitative estimate of drug-likeness (QED) is 0.247. The highest BCUT2D eigenvalue weighted by Gasteiger charge is 2.03. The normalized spacial score (nSPS) is 11.2. The molecule has 0 aromatic heterocycles. The molecule has 2 N–H and O–H groups in total. The Labute approximate surface area is 156 Å². The van der Waals surface area contributed by atoms with Gasteiger partial charge in [0.1, 0.15) is 0 Å². The number of hydrogen-bond donors (Lipinski definition) is 2. The molecule has 0 saturated heterocycles. The van der Waals surface area contributed by atoms with Gasteiger partial charge >= 0.3 is 0 Å². The lowest BCUT2D eigenvalue weighted by molar-refractivity contribution is -0.125. The maximum atomic E-state index is 11.6. The van der Waals surface area contributed by atoms with Gasteiger partial charge in [-0.05, 0) is 6.42 Å². The summed E-state index contributed by atoms with van der Waals surface area (Å²) in [4.78, 5) is 11.6. The summed E-state index contributed by atoms with van der Waals surface area (Å²) in [6.07, 6.45) is 20.7. The standard InChI is InChI=1S/C21H44N2O2/c1-3-4-5-6-7-8-9-10-11-12-13-14-15-16-17-18-21(25)22-23(2)19-20-24/h24H,3-20H2,1-2H3,(H,22,25). The summed E-state index contributed by atoms with van der Waals surface area (Å²) in [5.74, 6) is 0.0608. The van der Waals surface area contributed by atoms with Gasteiger partial charge < -0.3 is 5.11 Å². The van der Waals surface area contributed by atoms with Gasteiger partial charge in [0.25, 0.3) is 0 Å². The summed E-state index contributed by atoms with van der Waals surface area (Å²) in [5, 5.41) is 10.4. The number of nitrogens with one attached hydrogen (secondary N) is 1. The van der Waals surface area contributed by atoms with E-state index in [0.29, 0.717) is 13.0 Å². The Bertz CT molecular complexity index is 285. The van der Waals surface area contributed by atoms with Gasteiger partial charge in [-0.2, -0.15) is 0 Å². The molecule has 0 spiro atoms. The van der Waals surface area contributed by atoms with E-state index in [-0.39, 0.29) is 12.5 Å². The monoisotopic (exact) mass is 356 g/mol. The van der Waals surface area contributed by atoms with Crippen LogP contribution in [0.3, 0.4) is 0 Å². The van der Waals surface area contributed by atoms with Crippen molar-refractivity contribution in [3.8, 4) is 0 Å². The molecule has 0 aliphatic carbocycles. The first-order valence-electron chi connectivity index (χ1n) is 10.8. The van der Waals surface area contributed by atoms with Crippen molar-refractivity contribution < 1.29 is 9.90 Å². The molecular formula is C21H44N2O2. The molecule has 0 aliphatic heterocycles. The number of aliphatic hydroxyl groups excluding tert-OH is 1. The SMILES string of the molecule is CCCCCCCCCCCCCCCCCC(=O)NN(C)CCO. The van der Waals surface area contributed by atoms with Gasteiger partial charge in [-0.25, -0.2) is 5.01 Å². The van der Waals surface area contributed by atoms with Gasteiger partial charge in [0.15, 0.2) is 0 Å². The molecule has 150 valence electrons. The average molecular weight is 357 g/mol. The van der Waals surface area contributed by atoms with Crippen molar-refractivity contribution in [2.45, 2.75) is 110 Å². The molecule has 25 heavy (non-hydrogen) atoms. The van der Waals surface area contributed by atoms with E-state index in [0.717, 1.165) is 12.8 Å². The summed E-state index contributed by atoms with van der Waals surface area (Å²) in [5.41, 5.74) is 2.76. The Hall–Kier alpha value is -0.610. The predicted molar refractivity (Wildman–Crippen MR) is 107 cm³/mol. The smallest absolute Gasteiger partial charge is 0.234 e. The highest BCUT2D eigenvalue weighted by molar-refractivity contribution is 5.75. The molecule has 0 rings (SSSR count). The zero-order chi connectivity index (χ0) is 18.6. The van der Waals surface area contributed by atoms with Crippen LogP contribution in [0.25, 0.3) is 0 Å². The molecule has 0 aromatic rings. The number of nitrogens with zero attached hydrogens (tertiary/aromatic N) is 1. The Morgan fingerprint density at radius 1 is 0.760 bits per heavy atom. The fourth-order valence-electron chi connectivity index (χ4n) is 3.13. The van der Waals surface area contributed by atoms with E-state index in [1.165, 1.54) is 83.5 Å². The molecule has 1 amide bonds. The molecule has 0 fully saturated rings. The van der Waals surface area contributed by atoms with Crippen molar-refractivity contribution in [2.75, 3.05) is 20.2 Å². The molecule has 4 nitrogen and oxygen atoms in total. The van der Waals surface area contributed by atoms with Crippen LogP contribution >= 0.6 is 0 Å². The zero-order valence-corrected chi connectivity index (χ0v) is 17.0. The van der Waals surface area contributed by atoms with E-state index < -0.39 is 0 Å². The summed E-state index contributed by atoms with van der Waals surface area (Å²) in [7, 11) is 1.78. The minimum absolute atomic E-state index is 0.0608. The number of carbonyl (C=O) groups excluding carboxylic acids is 1. The highest BCUT2D eigenvalue weighted by atomic mass is 16.3. The molecule has 0 aliphatic rings. The van der Waals surface area contributed by atoms with E-state index in [9.17, 15) is 4.79 Å². The lowest BCUT2D eigenvalue weighted by atomic mass is 10.0. The number of aliphatic hydroxyl groups is 1. The van der Waals surface area contributed by atoms with Crippen LogP contribution in [-0.2, 0) is 4.79 Å². The first kappa shape index (κ1) is 24.4. The van der Waals surface area contributed by atoms with Gasteiger partial charge in [0, 0.05) is 20.0 Å². The van der Waals surface area contributed by atoms with Crippen molar-refractivity contribution in [3.05, 3.63) is 0 Å². The van der Waals surface area contributed by atoms with E-state index in [1.54, 1.807) is 12.1 Å². The molecule has 0 heterocycles. The van der Waals surface area contributed by atoms with Crippen LogP contribution < -0.4 is 5.43 Å². The van der Waals surface area contributed by atoms with Crippen molar-refractivity contribution in [1.82, 2.24) is 10.4 Å². The van der Waals surface area contributed by atoms with Gasteiger partial charge in [0.2, 0.25) is 5.91 Å². The van der Waals surface area contributed by atoms with E-state index in [2.05, 4.69) is 12.3 Å². The maximum Gasteiger partial charge on any atom is 0.234 e. The van der Waals surface area contributed by atoms with Crippen LogP contribution in [-0.4, -0.2) is 36.2 Å². The van der Waals surface area contributed by atoms with Crippen molar-refractivity contribution in [3.63, 3.8) is 0 Å². The number of hydrazine groups is 1. The molecule has 0 atom stereocenters. The third-order valence-corrected chi connectivity index (χ3v) is 4.76. The van der Waals surface area contributed by atoms with Crippen LogP contribution in [0, 0.1) is 0 Å². The summed E-state index contributed by atoms with van der Waals surface area (Å²) >= 11 is 0. The van der Waals surface area contributed by atoms with Crippen LogP contribution in [0.2, 0.25) is 0 Å². The van der Waals surface area contributed by atoms with Crippen LogP contribution in [0.1, 0.15) is 110 Å². The van der Waals surface area contributed by atoms with Crippen LogP contribution in [0.4, 0.5) is 0 Å². The summed E-state index contributed by atoms with van der Waals surface area (Å²) < 4.78 is 0. The highest BCUT2D eigenvalue weighted by Crippen LogP contribution is 2.13. The Balaban J connectivity index is 3.15. The minimum atomic E-state index is 0.0608. The molecule has 0 radical (unpaired) electrons. The molecular weight excluding hydrogens is 312 g/mol. The predicted octanol–water partition coefficient (Wildman–Crippen LogP) is 5.20. The third kappa shape index (κ3) is 19.6. The second-order valence-electron chi connectivity index (χ2n) is 7.38. The van der Waals surface area contributed by atoms with Gasteiger partial charge in [0.05, 0.1) is 6.61 Å². The number of amides is 1.